The second-order valence-corrected chi connectivity index (χ2v) is 23.2. The van der Waals surface area contributed by atoms with Crippen LogP contribution in [-0.4, -0.2) is 118 Å². The van der Waals surface area contributed by atoms with E-state index >= 15 is 0 Å². The maximum atomic E-state index is 12.0. The molecule has 0 amide bonds. The Morgan fingerprint density at radius 1 is 0.596 bits per heavy atom. The summed E-state index contributed by atoms with van der Waals surface area (Å²) < 4.78 is 31.7. The summed E-state index contributed by atoms with van der Waals surface area (Å²) >= 11 is 34.6. The van der Waals surface area contributed by atoms with Crippen molar-refractivity contribution in [1.82, 2.24) is 0 Å². The molecule has 4 N–H and O–H groups in total. The van der Waals surface area contributed by atoms with Gasteiger partial charge in [-0.3, -0.25) is 4.79 Å². The maximum Gasteiger partial charge on any atom is 1.00 e. The number of carbonyl (C=O) groups is 6. The quantitative estimate of drug-likeness (QED) is 0.0125. The van der Waals surface area contributed by atoms with Crippen molar-refractivity contribution in [3.8, 4) is 28.7 Å². The molecule has 0 atom stereocenters. The number of methoxy groups -OCH3 is 1. The monoisotopic (exact) mass is 1480 g/mol. The van der Waals surface area contributed by atoms with Crippen LogP contribution >= 0.6 is 69.6 Å². The van der Waals surface area contributed by atoms with E-state index in [1.54, 1.807) is 56.3 Å². The number of carboxylic acids is 2. The zero-order valence-corrected chi connectivity index (χ0v) is 64.5. The SMILES string of the molecule is C.C=C(C)CCl.C=C(C)COC(=O)c1c(Cl)ccc(O)c1CC(=C)C.C=C(C)COC(=O)c1cc(OCC(=C)C)ccc1Cl.CC1(C)Cc2c(ccc(Cl)c2C(=O)O)O1.COC(=O)c1c(Cl)ccc2c1CC(C)(C)O2.O=C(O)c1cc(O)ccc1Cl.O=CO[O-].[AlH3].[H-].[H-].[K+].[K+].[Li+]. The fraction of sp³-hybridized carbons (Fsp3) is 0.303. The summed E-state index contributed by atoms with van der Waals surface area (Å²) in [6.45, 7) is 35.8. The van der Waals surface area contributed by atoms with E-state index in [1.165, 1.54) is 31.4 Å². The van der Waals surface area contributed by atoms with Gasteiger partial charge in [0.2, 0.25) is 0 Å². The third-order valence-electron chi connectivity index (χ3n) is 10.9. The van der Waals surface area contributed by atoms with Gasteiger partial charge in [-0.05, 0) is 158 Å². The largest absolute Gasteiger partial charge is 1.00 e. The number of benzene rings is 5. The van der Waals surface area contributed by atoms with E-state index in [2.05, 4.69) is 37.8 Å². The predicted molar refractivity (Wildman–Crippen MR) is 363 cm³/mol. The van der Waals surface area contributed by atoms with Gasteiger partial charge in [0, 0.05) is 35.4 Å². The third-order valence-corrected chi connectivity index (χ3v) is 13.0. The molecular formula is C66H80AlCl6K2LiO18. The van der Waals surface area contributed by atoms with Crippen LogP contribution in [0, 0.1) is 0 Å². The first-order chi connectivity index (χ1) is 41.4. The molecule has 0 spiro atoms. The Kier molecular flexibility index (Phi) is 52.1. The zero-order chi connectivity index (χ0) is 68.3. The Morgan fingerprint density at radius 2 is 1.00 bits per heavy atom. The Labute approximate surface area is 691 Å². The fourth-order valence-electron chi connectivity index (χ4n) is 7.29. The van der Waals surface area contributed by atoms with Crippen molar-refractivity contribution in [1.29, 1.82) is 0 Å². The molecule has 500 valence electrons. The van der Waals surface area contributed by atoms with E-state index in [-0.39, 0.29) is 229 Å². The number of hydrogen-bond acceptors (Lipinski definition) is 16. The van der Waals surface area contributed by atoms with Crippen molar-refractivity contribution in [2.45, 2.75) is 100 Å². The van der Waals surface area contributed by atoms with E-state index in [1.807, 2.05) is 48.5 Å². The molecule has 18 nitrogen and oxygen atoms in total. The second-order valence-electron chi connectivity index (χ2n) is 20.9. The molecule has 0 fully saturated rings. The van der Waals surface area contributed by atoms with Crippen LogP contribution in [0.25, 0.3) is 0 Å². The van der Waals surface area contributed by atoms with E-state index in [0.29, 0.717) is 70.0 Å². The molecular weight excluding hydrogens is 1410 g/mol. The number of phenolic OH excluding ortho intramolecular Hbond substituents is 2. The van der Waals surface area contributed by atoms with Crippen LogP contribution in [0.2, 0.25) is 25.1 Å². The van der Waals surface area contributed by atoms with Crippen LogP contribution in [0.5, 0.6) is 28.7 Å². The molecule has 2 aliphatic rings. The van der Waals surface area contributed by atoms with Gasteiger partial charge in [0.05, 0.1) is 60.0 Å². The molecule has 5 aromatic carbocycles. The summed E-state index contributed by atoms with van der Waals surface area (Å²) in [5.74, 6) is -1.24. The molecule has 5 aromatic rings. The van der Waals surface area contributed by atoms with Gasteiger partial charge in [0.1, 0.15) is 59.8 Å². The molecule has 0 radical (unpaired) electrons. The standard InChI is InChI=1S/2C15H17ClO3.C12H13ClO3.C11H11ClO3.C7H5ClO3.C4H7Cl.CH2O3.CH4.Al.2K.Li.5H/c1-10(2)8-18-12-5-6-14(16)13(7-12)15(17)19-9-11(3)4;1-9(2)7-11-13(17)6-5-12(16)14(11)15(18)19-8-10(3)4;1-12(2)6-7-9(16-12)5-4-8(13)10(7)11(14)15-3;1-11(2)5-6-8(15-11)4-3-7(12)9(6)10(13)14;8-6-2-1-4(9)3-5(6)7(10)11;1-4(2)3-5;2-1-4-3;;;;;;;;;;/h5-7H,1,3,8-9H2,2,4H3;5-6,17H,1,3,7-8H2,2,4H3;4-5H,6H2,1-3H3;3-4H,5H2,1-2H3,(H,13,14);1-3,9H,(H,10,11);1,3H2,2H3;1,3H;1H4;;;;;;;;;/q;;;;;;;;;3*+1;;;;2*-1/p-1. The van der Waals surface area contributed by atoms with E-state index in [0.717, 1.165) is 45.2 Å². The molecule has 0 aromatic heterocycles. The first-order valence-corrected chi connectivity index (χ1v) is 28.6. The summed E-state index contributed by atoms with van der Waals surface area (Å²) in [4.78, 5) is 68.2. The van der Waals surface area contributed by atoms with Gasteiger partial charge >= 0.3 is 151 Å². The summed E-state index contributed by atoms with van der Waals surface area (Å²) in [5.41, 5.74) is 6.50. The van der Waals surface area contributed by atoms with E-state index < -0.39 is 29.8 Å². The Morgan fingerprint density at radius 3 is 1.40 bits per heavy atom. The number of alkyl halides is 1. The number of halogens is 6. The van der Waals surface area contributed by atoms with Crippen molar-refractivity contribution in [3.05, 3.63) is 203 Å². The number of carboxylic acid groups (broad SMARTS) is 2. The number of carbonyl (C=O) groups excluding carboxylic acids is 4. The molecule has 0 unspecified atom stereocenters. The number of hydrogen-bond donors (Lipinski definition) is 4. The third kappa shape index (κ3) is 36.0. The average Bonchev–Trinajstić information content (AvgIpc) is 1.62. The van der Waals surface area contributed by atoms with Gasteiger partial charge in [-0.15, -0.1) is 11.6 Å². The summed E-state index contributed by atoms with van der Waals surface area (Å²) in [7, 11) is 1.35. The first kappa shape index (κ1) is 99.4. The van der Waals surface area contributed by atoms with E-state index in [4.69, 9.17) is 123 Å². The minimum Gasteiger partial charge on any atom is -1.00 e. The van der Waals surface area contributed by atoms with E-state index in [9.17, 15) is 29.1 Å². The second kappa shape index (κ2) is 49.3. The topological polar surface area (TPSA) is 271 Å². The van der Waals surface area contributed by atoms with Crippen LogP contribution in [0.1, 0.15) is 141 Å². The van der Waals surface area contributed by atoms with Crippen molar-refractivity contribution in [2.24, 2.45) is 0 Å². The average molecular weight is 1490 g/mol. The van der Waals surface area contributed by atoms with Crippen LogP contribution < -0.4 is 141 Å². The van der Waals surface area contributed by atoms with Gasteiger partial charge < -0.3 is 61.8 Å². The van der Waals surface area contributed by atoms with Gasteiger partial charge in [-0.1, -0.05) is 109 Å². The minimum absolute atomic E-state index is 0. The summed E-state index contributed by atoms with van der Waals surface area (Å²) in [5, 5.41) is 46.1. The van der Waals surface area contributed by atoms with Gasteiger partial charge in [0.15, 0.2) is 17.4 Å². The number of aromatic carboxylic acids is 2. The fourth-order valence-corrected chi connectivity index (χ4v) is 8.45. The molecule has 0 saturated heterocycles. The first-order valence-electron chi connectivity index (χ1n) is 26.2. The van der Waals surface area contributed by atoms with Crippen LogP contribution in [0.3, 0.4) is 0 Å². The summed E-state index contributed by atoms with van der Waals surface area (Å²) in [6.07, 6.45) is 1.60. The van der Waals surface area contributed by atoms with Crippen molar-refractivity contribution < 1.29 is 212 Å². The molecule has 2 aliphatic heterocycles. The van der Waals surface area contributed by atoms with Crippen molar-refractivity contribution >= 4 is 123 Å². The molecule has 0 bridgehead atoms. The van der Waals surface area contributed by atoms with Crippen LogP contribution in [-0.2, 0) is 43.2 Å². The van der Waals surface area contributed by atoms with Crippen LogP contribution in [0.4, 0.5) is 0 Å². The molecule has 0 saturated carbocycles. The van der Waals surface area contributed by atoms with Gasteiger partial charge in [0.25, 0.3) is 6.47 Å². The Hall–Kier alpha value is -3.28. The van der Waals surface area contributed by atoms with Gasteiger partial charge in [-0.25, -0.2) is 24.0 Å². The van der Waals surface area contributed by atoms with Crippen molar-refractivity contribution in [2.75, 3.05) is 32.8 Å². The normalized spacial score (nSPS) is 11.3. The van der Waals surface area contributed by atoms with Crippen molar-refractivity contribution in [3.63, 3.8) is 0 Å². The van der Waals surface area contributed by atoms with Gasteiger partial charge in [-0.2, -0.15) is 0 Å². The predicted octanol–water partition coefficient (Wildman–Crippen LogP) is 6.19. The number of phenols is 2. The zero-order valence-electron chi connectivity index (χ0n) is 55.8. The summed E-state index contributed by atoms with van der Waals surface area (Å²) in [6, 6.07) is 18.3. The number of esters is 3. The molecule has 7 rings (SSSR count). The number of rotatable bonds is 16. The smallest absolute Gasteiger partial charge is 1.00 e. The molecule has 0 aliphatic carbocycles. The number of fused-ring (bicyclic) bond motifs is 2. The number of aromatic hydroxyl groups is 2. The minimum atomic E-state index is -1.15. The number of ether oxygens (including phenoxy) is 6. The Balaban J connectivity index is -0.000000197. The molecule has 28 heteroatoms. The van der Waals surface area contributed by atoms with Crippen LogP contribution in [0.15, 0.2) is 134 Å². The maximum absolute atomic E-state index is 12.0. The number of allylic oxidation sites excluding steroid dienone is 2. The Bertz CT molecular complexity index is 3450. The molecule has 2 heterocycles. The molecule has 94 heavy (non-hydrogen) atoms.